The molecule has 0 saturated heterocycles. The maximum atomic E-state index is 10.8. The third kappa shape index (κ3) is 2.28. The van der Waals surface area contributed by atoms with E-state index in [-0.39, 0.29) is 6.42 Å². The normalized spacial score (nSPS) is 10.4. The largest absolute Gasteiger partial charge is 0.481 e. The highest BCUT2D eigenvalue weighted by atomic mass is 16.4. The van der Waals surface area contributed by atoms with Crippen LogP contribution in [0.15, 0.2) is 30.3 Å². The Morgan fingerprint density at radius 2 is 2.18 bits per heavy atom. The van der Waals surface area contributed by atoms with Crippen LogP contribution in [0.2, 0.25) is 0 Å². The third-order valence-corrected chi connectivity index (χ3v) is 2.48. The summed E-state index contributed by atoms with van der Waals surface area (Å²) in [6, 6.07) is 9.21. The van der Waals surface area contributed by atoms with Gasteiger partial charge in [-0.15, -0.1) is 0 Å². The number of para-hydroxylation sites is 1. The number of nitrogen functional groups attached to an aromatic ring is 1. The molecule has 0 radical (unpaired) electrons. The Morgan fingerprint density at radius 3 is 2.82 bits per heavy atom. The zero-order chi connectivity index (χ0) is 12.4. The van der Waals surface area contributed by atoms with Crippen LogP contribution in [-0.2, 0) is 11.2 Å². The molecule has 5 nitrogen and oxygen atoms in total. The predicted molar refractivity (Wildman–Crippen MR) is 64.1 cm³/mol. The number of carboxylic acid groups (broad SMARTS) is 1. The molecule has 0 amide bonds. The SMILES string of the molecule is Cc1ccccc1-n1nc(N)cc1CC(=O)O. The molecular weight excluding hydrogens is 218 g/mol. The maximum Gasteiger partial charge on any atom is 0.309 e. The number of rotatable bonds is 3. The Balaban J connectivity index is 2.51. The molecule has 0 fully saturated rings. The molecule has 0 unspecified atom stereocenters. The van der Waals surface area contributed by atoms with Gasteiger partial charge in [0.15, 0.2) is 0 Å². The highest BCUT2D eigenvalue weighted by molar-refractivity contribution is 5.70. The van der Waals surface area contributed by atoms with E-state index in [0.29, 0.717) is 11.5 Å². The van der Waals surface area contributed by atoms with Crippen LogP contribution in [0.4, 0.5) is 5.82 Å². The van der Waals surface area contributed by atoms with Gasteiger partial charge < -0.3 is 10.8 Å². The van der Waals surface area contributed by atoms with E-state index in [1.54, 1.807) is 10.7 Å². The number of hydrogen-bond donors (Lipinski definition) is 2. The van der Waals surface area contributed by atoms with Gasteiger partial charge in [-0.2, -0.15) is 5.10 Å². The number of hydrogen-bond acceptors (Lipinski definition) is 3. The van der Waals surface area contributed by atoms with E-state index in [4.69, 9.17) is 10.8 Å². The quantitative estimate of drug-likeness (QED) is 0.836. The van der Waals surface area contributed by atoms with E-state index in [2.05, 4.69) is 5.10 Å². The van der Waals surface area contributed by atoms with Crippen LogP contribution in [-0.4, -0.2) is 20.9 Å². The van der Waals surface area contributed by atoms with Crippen LogP contribution in [0.1, 0.15) is 11.3 Å². The molecule has 88 valence electrons. The summed E-state index contributed by atoms with van der Waals surface area (Å²) in [5, 5.41) is 13.0. The highest BCUT2D eigenvalue weighted by Crippen LogP contribution is 2.17. The third-order valence-electron chi connectivity index (χ3n) is 2.48. The molecule has 0 saturated carbocycles. The van der Waals surface area contributed by atoms with Crippen LogP contribution < -0.4 is 5.73 Å². The van der Waals surface area contributed by atoms with Gasteiger partial charge in [-0.05, 0) is 18.6 Å². The number of nitrogens with zero attached hydrogens (tertiary/aromatic N) is 2. The van der Waals surface area contributed by atoms with Gasteiger partial charge in [0.2, 0.25) is 0 Å². The first-order valence-corrected chi connectivity index (χ1v) is 5.20. The lowest BCUT2D eigenvalue weighted by Gasteiger charge is -2.08. The van der Waals surface area contributed by atoms with Crippen molar-refractivity contribution in [2.45, 2.75) is 13.3 Å². The van der Waals surface area contributed by atoms with E-state index in [9.17, 15) is 4.79 Å². The van der Waals surface area contributed by atoms with Gasteiger partial charge in [0.25, 0.3) is 0 Å². The summed E-state index contributed by atoms with van der Waals surface area (Å²) in [6.07, 6.45) is -0.0987. The van der Waals surface area contributed by atoms with E-state index >= 15 is 0 Å². The van der Waals surface area contributed by atoms with Crippen molar-refractivity contribution in [1.82, 2.24) is 9.78 Å². The molecule has 0 aliphatic rings. The second kappa shape index (κ2) is 4.29. The fourth-order valence-electron chi connectivity index (χ4n) is 1.73. The number of carbonyl (C=O) groups is 1. The summed E-state index contributed by atoms with van der Waals surface area (Å²) in [4.78, 5) is 10.8. The van der Waals surface area contributed by atoms with E-state index in [0.717, 1.165) is 11.3 Å². The van der Waals surface area contributed by atoms with Crippen LogP contribution in [0.25, 0.3) is 5.69 Å². The lowest BCUT2D eigenvalue weighted by molar-refractivity contribution is -0.136. The Hall–Kier alpha value is -2.30. The van der Waals surface area contributed by atoms with Gasteiger partial charge in [-0.3, -0.25) is 4.79 Å². The Bertz CT molecular complexity index is 561. The highest BCUT2D eigenvalue weighted by Gasteiger charge is 2.12. The zero-order valence-corrected chi connectivity index (χ0v) is 9.42. The number of aryl methyl sites for hydroxylation is 1. The van der Waals surface area contributed by atoms with Crippen molar-refractivity contribution >= 4 is 11.8 Å². The van der Waals surface area contributed by atoms with Gasteiger partial charge in [0.05, 0.1) is 17.8 Å². The van der Waals surface area contributed by atoms with Crippen molar-refractivity contribution in [1.29, 1.82) is 0 Å². The average Bonchev–Trinajstić information content (AvgIpc) is 2.59. The zero-order valence-electron chi connectivity index (χ0n) is 9.42. The molecule has 2 aromatic rings. The van der Waals surface area contributed by atoms with Crippen LogP contribution in [0.5, 0.6) is 0 Å². The smallest absolute Gasteiger partial charge is 0.309 e. The van der Waals surface area contributed by atoms with Crippen LogP contribution in [0.3, 0.4) is 0 Å². The van der Waals surface area contributed by atoms with Crippen molar-refractivity contribution in [2.24, 2.45) is 0 Å². The summed E-state index contributed by atoms with van der Waals surface area (Å²) in [5.74, 6) is -0.579. The van der Waals surface area contributed by atoms with E-state index < -0.39 is 5.97 Å². The molecular formula is C12H13N3O2. The fourth-order valence-corrected chi connectivity index (χ4v) is 1.73. The molecule has 3 N–H and O–H groups in total. The molecule has 0 aliphatic heterocycles. The molecule has 0 spiro atoms. The molecule has 2 rings (SSSR count). The first kappa shape index (κ1) is 11.2. The molecule has 0 aliphatic carbocycles. The van der Waals surface area contributed by atoms with E-state index in [1.165, 1.54) is 0 Å². The van der Waals surface area contributed by atoms with Gasteiger partial charge in [-0.1, -0.05) is 18.2 Å². The van der Waals surface area contributed by atoms with Gasteiger partial charge in [0.1, 0.15) is 5.82 Å². The molecule has 0 atom stereocenters. The number of nitrogens with two attached hydrogens (primary N) is 1. The number of carboxylic acids is 1. The molecule has 5 heteroatoms. The Labute approximate surface area is 98.5 Å². The number of aromatic nitrogens is 2. The summed E-state index contributed by atoms with van der Waals surface area (Å²) >= 11 is 0. The van der Waals surface area contributed by atoms with Gasteiger partial charge >= 0.3 is 5.97 Å². The number of aliphatic carboxylic acids is 1. The summed E-state index contributed by atoms with van der Waals surface area (Å²) in [5.41, 5.74) is 8.05. The van der Waals surface area contributed by atoms with Crippen molar-refractivity contribution in [3.8, 4) is 5.69 Å². The first-order chi connectivity index (χ1) is 8.08. The Morgan fingerprint density at radius 1 is 1.47 bits per heavy atom. The van der Waals surface area contributed by atoms with Crippen LogP contribution >= 0.6 is 0 Å². The summed E-state index contributed by atoms with van der Waals surface area (Å²) in [6.45, 7) is 1.94. The maximum absolute atomic E-state index is 10.8. The van der Waals surface area contributed by atoms with Crippen LogP contribution in [0, 0.1) is 6.92 Å². The second-order valence-electron chi connectivity index (χ2n) is 3.83. The second-order valence-corrected chi connectivity index (χ2v) is 3.83. The van der Waals surface area contributed by atoms with E-state index in [1.807, 2.05) is 31.2 Å². The minimum Gasteiger partial charge on any atom is -0.481 e. The van der Waals surface area contributed by atoms with Crippen molar-refractivity contribution in [3.05, 3.63) is 41.6 Å². The minimum absolute atomic E-state index is 0.0987. The first-order valence-electron chi connectivity index (χ1n) is 5.20. The standard InChI is InChI=1S/C12H13N3O2/c1-8-4-2-3-5-10(8)15-9(7-12(16)17)6-11(13)14-15/h2-6H,7H2,1H3,(H2,13,14)(H,16,17). The van der Waals surface area contributed by atoms with Crippen molar-refractivity contribution in [2.75, 3.05) is 5.73 Å². The Kier molecular flexibility index (Phi) is 2.82. The fraction of sp³-hybridized carbons (Fsp3) is 0.167. The molecule has 1 aromatic heterocycles. The van der Waals surface area contributed by atoms with Crippen molar-refractivity contribution in [3.63, 3.8) is 0 Å². The van der Waals surface area contributed by atoms with Crippen molar-refractivity contribution < 1.29 is 9.90 Å². The minimum atomic E-state index is -0.903. The lowest BCUT2D eigenvalue weighted by atomic mass is 10.2. The monoisotopic (exact) mass is 231 g/mol. The lowest BCUT2D eigenvalue weighted by Crippen LogP contribution is -2.08. The number of anilines is 1. The molecule has 1 heterocycles. The molecule has 1 aromatic carbocycles. The summed E-state index contributed by atoms with van der Waals surface area (Å²) < 4.78 is 1.58. The topological polar surface area (TPSA) is 81.1 Å². The molecule has 0 bridgehead atoms. The average molecular weight is 231 g/mol. The van der Waals surface area contributed by atoms with Gasteiger partial charge in [0, 0.05) is 6.07 Å². The van der Waals surface area contributed by atoms with Gasteiger partial charge in [-0.25, -0.2) is 4.68 Å². The predicted octanol–water partition coefficient (Wildman–Crippen LogP) is 1.39. The number of benzene rings is 1. The summed E-state index contributed by atoms with van der Waals surface area (Å²) in [7, 11) is 0. The molecule has 17 heavy (non-hydrogen) atoms.